The van der Waals surface area contributed by atoms with E-state index >= 15 is 0 Å². The van der Waals surface area contributed by atoms with Gasteiger partial charge >= 0.3 is 0 Å². The van der Waals surface area contributed by atoms with Crippen LogP contribution in [-0.4, -0.2) is 54.2 Å². The van der Waals surface area contributed by atoms with Crippen LogP contribution in [0.15, 0.2) is 42.7 Å². The van der Waals surface area contributed by atoms with Gasteiger partial charge in [0.15, 0.2) is 11.5 Å². The molecule has 1 saturated carbocycles. The largest absolute Gasteiger partial charge is 0.384 e. The van der Waals surface area contributed by atoms with E-state index in [0.29, 0.717) is 35.2 Å². The summed E-state index contributed by atoms with van der Waals surface area (Å²) >= 11 is 1.49. The van der Waals surface area contributed by atoms with Crippen LogP contribution in [0.2, 0.25) is 0 Å². The van der Waals surface area contributed by atoms with Crippen molar-refractivity contribution in [3.63, 3.8) is 0 Å². The van der Waals surface area contributed by atoms with Crippen LogP contribution in [0.4, 0.5) is 17.2 Å². The summed E-state index contributed by atoms with van der Waals surface area (Å²) in [6, 6.07) is 9.37. The maximum Gasteiger partial charge on any atom is 0.263 e. The van der Waals surface area contributed by atoms with Gasteiger partial charge in [-0.1, -0.05) is 11.9 Å². The van der Waals surface area contributed by atoms with Gasteiger partial charge in [0.2, 0.25) is 6.41 Å². The molecule has 5 rings (SSSR count). The number of hydrogen-bond donors (Lipinski definition) is 4. The predicted molar refractivity (Wildman–Crippen MR) is 166 cm³/mol. The number of nitrogens with one attached hydrogen (secondary N) is 2. The van der Waals surface area contributed by atoms with Crippen LogP contribution in [0.3, 0.4) is 0 Å². The zero-order chi connectivity index (χ0) is 30.2. The second kappa shape index (κ2) is 11.6. The normalized spacial score (nSPS) is 14.0. The number of nitrogens with zero attached hydrogens (tertiary/aromatic N) is 5. The first-order valence-electron chi connectivity index (χ1n) is 13.8. The van der Waals surface area contributed by atoms with Crippen LogP contribution in [-0.2, 0) is 16.9 Å². The number of carbonyl (C=O) groups is 2. The first-order valence-corrected chi connectivity index (χ1v) is 15.0. The van der Waals surface area contributed by atoms with E-state index < -0.39 is 11.5 Å². The molecule has 0 spiro atoms. The minimum absolute atomic E-state index is 0.0447. The number of pyridine rings is 1. The summed E-state index contributed by atoms with van der Waals surface area (Å²) in [5, 5.41) is 17.3. The maximum absolute atomic E-state index is 13.3. The molecule has 1 aromatic carbocycles. The standard InChI is InChI=1S/C30H36N8O3S/c1-17-21(15-37(16-39)18(2)19-6-7-19)12-20(13-24(17)36-42-5)23-10-11-38-28(34-23)26(27(31)35-38)29(40)33-22-8-9-25(32-14-22)30(3,4)41/h8-14,16,18-19,36,41H,6-7,15H2,1-5H3,(H2,31,35)(H,33,40). The van der Waals surface area contributed by atoms with E-state index in [2.05, 4.69) is 27.0 Å². The second-order valence-corrected chi connectivity index (χ2v) is 11.9. The predicted octanol–water partition coefficient (Wildman–Crippen LogP) is 4.61. The van der Waals surface area contributed by atoms with Gasteiger partial charge in [-0.3, -0.25) is 14.6 Å². The molecule has 2 amide bonds. The topological polar surface area (TPSA) is 151 Å². The first-order chi connectivity index (χ1) is 20.0. The first kappa shape index (κ1) is 29.3. The minimum atomic E-state index is -1.10. The number of carbonyl (C=O) groups excluding carboxylic acids is 2. The summed E-state index contributed by atoms with van der Waals surface area (Å²) in [6.45, 7) is 7.92. The molecule has 3 heterocycles. The molecule has 12 heteroatoms. The van der Waals surface area contributed by atoms with Gasteiger partial charge in [0, 0.05) is 36.3 Å². The minimum Gasteiger partial charge on any atom is -0.384 e. The fourth-order valence-electron chi connectivity index (χ4n) is 4.97. The van der Waals surface area contributed by atoms with E-state index in [1.807, 2.05) is 36.3 Å². The highest BCUT2D eigenvalue weighted by Gasteiger charge is 2.32. The Bertz CT molecular complexity index is 1630. The van der Waals surface area contributed by atoms with Crippen molar-refractivity contribution in [1.82, 2.24) is 24.5 Å². The number of fused-ring (bicyclic) bond motifs is 1. The van der Waals surface area contributed by atoms with E-state index in [4.69, 9.17) is 10.7 Å². The summed E-state index contributed by atoms with van der Waals surface area (Å²) in [4.78, 5) is 36.3. The average Bonchev–Trinajstić information content (AvgIpc) is 3.74. The molecule has 0 aliphatic heterocycles. The van der Waals surface area contributed by atoms with Gasteiger partial charge in [0.05, 0.1) is 23.3 Å². The number of amides is 2. The number of hydrogen-bond acceptors (Lipinski definition) is 9. The molecule has 4 aromatic rings. The molecule has 42 heavy (non-hydrogen) atoms. The highest BCUT2D eigenvalue weighted by molar-refractivity contribution is 7.99. The third-order valence-electron chi connectivity index (χ3n) is 7.73. The Balaban J connectivity index is 1.49. The van der Waals surface area contributed by atoms with Crippen molar-refractivity contribution in [2.75, 3.05) is 22.0 Å². The van der Waals surface area contributed by atoms with Crippen molar-refractivity contribution in [2.45, 2.75) is 58.7 Å². The Kier molecular flexibility index (Phi) is 8.11. The summed E-state index contributed by atoms with van der Waals surface area (Å²) in [7, 11) is 0. The van der Waals surface area contributed by atoms with Gasteiger partial charge in [-0.25, -0.2) is 9.50 Å². The number of nitrogens with two attached hydrogens (primary N) is 1. The molecule has 1 aliphatic rings. The number of benzene rings is 1. The third kappa shape index (κ3) is 6.04. The quantitative estimate of drug-likeness (QED) is 0.145. The van der Waals surface area contributed by atoms with E-state index in [-0.39, 0.29) is 17.4 Å². The molecule has 0 bridgehead atoms. The van der Waals surface area contributed by atoms with E-state index in [1.165, 1.54) is 22.7 Å². The SMILES string of the molecule is CSNc1cc(-c2ccn3nc(N)c(C(=O)Nc4ccc(C(C)(C)O)nc4)c3n2)cc(CN(C=O)C(C)C2CC2)c1C. The molecule has 11 nitrogen and oxygen atoms in total. The van der Waals surface area contributed by atoms with Gasteiger partial charge in [0.25, 0.3) is 5.91 Å². The van der Waals surface area contributed by atoms with Gasteiger partial charge in [0.1, 0.15) is 11.2 Å². The van der Waals surface area contributed by atoms with Crippen LogP contribution in [0.5, 0.6) is 0 Å². The Hall–Kier alpha value is -4.16. The molecule has 1 aliphatic carbocycles. The Morgan fingerprint density at radius 3 is 2.69 bits per heavy atom. The van der Waals surface area contributed by atoms with Gasteiger partial charge in [-0.2, -0.15) is 0 Å². The van der Waals surface area contributed by atoms with Gasteiger partial charge in [-0.05, 0) is 87.9 Å². The zero-order valence-corrected chi connectivity index (χ0v) is 25.2. The monoisotopic (exact) mass is 588 g/mol. The second-order valence-electron chi connectivity index (χ2n) is 11.3. The smallest absolute Gasteiger partial charge is 0.263 e. The molecule has 1 atom stereocenters. The third-order valence-corrected chi connectivity index (χ3v) is 8.15. The number of anilines is 3. The number of aromatic nitrogens is 4. The Labute approximate surface area is 249 Å². The molecule has 3 aromatic heterocycles. The zero-order valence-electron chi connectivity index (χ0n) is 24.4. The van der Waals surface area contributed by atoms with Crippen LogP contribution in [0.25, 0.3) is 16.9 Å². The molecule has 220 valence electrons. The number of nitrogen functional groups attached to an aromatic ring is 1. The van der Waals surface area contributed by atoms with Crippen molar-refractivity contribution in [2.24, 2.45) is 5.92 Å². The Morgan fingerprint density at radius 2 is 2.07 bits per heavy atom. The molecule has 0 saturated heterocycles. The molecule has 1 fully saturated rings. The lowest BCUT2D eigenvalue weighted by Gasteiger charge is -2.27. The summed E-state index contributed by atoms with van der Waals surface area (Å²) in [5.74, 6) is 0.122. The molecular formula is C30H36N8O3S. The molecular weight excluding hydrogens is 552 g/mol. The van der Waals surface area contributed by atoms with Crippen LogP contribution in [0, 0.1) is 12.8 Å². The highest BCUT2D eigenvalue weighted by atomic mass is 32.2. The van der Waals surface area contributed by atoms with Gasteiger partial charge < -0.3 is 25.8 Å². The lowest BCUT2D eigenvalue weighted by Crippen LogP contribution is -2.33. The lowest BCUT2D eigenvalue weighted by atomic mass is 9.99. The molecule has 0 radical (unpaired) electrons. The highest BCUT2D eigenvalue weighted by Crippen LogP contribution is 2.36. The van der Waals surface area contributed by atoms with Crippen molar-refractivity contribution in [3.8, 4) is 11.3 Å². The maximum atomic E-state index is 13.3. The van der Waals surface area contributed by atoms with E-state index in [1.54, 1.807) is 32.2 Å². The van der Waals surface area contributed by atoms with Crippen molar-refractivity contribution >= 4 is 47.1 Å². The fourth-order valence-corrected chi connectivity index (χ4v) is 5.41. The summed E-state index contributed by atoms with van der Waals surface area (Å²) in [6.07, 6.45) is 8.40. The molecule has 1 unspecified atom stereocenters. The fraction of sp³-hybridized carbons (Fsp3) is 0.367. The average molecular weight is 589 g/mol. The summed E-state index contributed by atoms with van der Waals surface area (Å²) < 4.78 is 4.83. The van der Waals surface area contributed by atoms with E-state index in [9.17, 15) is 14.7 Å². The summed E-state index contributed by atoms with van der Waals surface area (Å²) in [5.41, 5.74) is 10.9. The van der Waals surface area contributed by atoms with Crippen molar-refractivity contribution in [1.29, 1.82) is 0 Å². The van der Waals surface area contributed by atoms with Gasteiger partial charge in [-0.15, -0.1) is 5.10 Å². The van der Waals surface area contributed by atoms with Crippen LogP contribution < -0.4 is 15.8 Å². The van der Waals surface area contributed by atoms with E-state index in [0.717, 1.165) is 41.6 Å². The molecule has 5 N–H and O–H groups in total. The van der Waals surface area contributed by atoms with Crippen LogP contribution >= 0.6 is 11.9 Å². The van der Waals surface area contributed by atoms with Crippen molar-refractivity contribution in [3.05, 3.63) is 65.1 Å². The Morgan fingerprint density at radius 1 is 1.31 bits per heavy atom. The number of rotatable bonds is 11. The number of aliphatic hydroxyl groups is 1. The van der Waals surface area contributed by atoms with Crippen LogP contribution in [0.1, 0.15) is 60.8 Å². The van der Waals surface area contributed by atoms with Crippen molar-refractivity contribution < 1.29 is 14.7 Å². The lowest BCUT2D eigenvalue weighted by molar-refractivity contribution is -0.120.